The van der Waals surface area contributed by atoms with Crippen LogP contribution in [0.15, 0.2) is 36.4 Å². The van der Waals surface area contributed by atoms with Crippen molar-refractivity contribution in [2.24, 2.45) is 0 Å². The molecule has 0 unspecified atom stereocenters. The number of benzene rings is 1. The summed E-state index contributed by atoms with van der Waals surface area (Å²) in [5, 5.41) is 15.1. The molecule has 0 aliphatic rings. The first-order valence-corrected chi connectivity index (χ1v) is 6.35. The zero-order valence-electron chi connectivity index (χ0n) is 11.3. The third-order valence-electron chi connectivity index (χ3n) is 2.71. The fourth-order valence-electron chi connectivity index (χ4n) is 1.61. The first-order chi connectivity index (χ1) is 9.15. The van der Waals surface area contributed by atoms with Gasteiger partial charge < -0.3 is 15.7 Å². The van der Waals surface area contributed by atoms with E-state index in [2.05, 4.69) is 17.2 Å². The van der Waals surface area contributed by atoms with E-state index in [1.165, 1.54) is 0 Å². The highest BCUT2D eigenvalue weighted by atomic mass is 16.2. The smallest absolute Gasteiger partial charge is 0.327 e. The molecule has 0 aliphatic carbocycles. The van der Waals surface area contributed by atoms with Gasteiger partial charge >= 0.3 is 7.48 Å². The summed E-state index contributed by atoms with van der Waals surface area (Å²) in [4.78, 5) is 11.2. The molecule has 1 rings (SSSR count). The van der Waals surface area contributed by atoms with Gasteiger partial charge in [0.15, 0.2) is 0 Å². The molecule has 3 N–H and O–H groups in total. The molecule has 0 aromatic heterocycles. The highest BCUT2D eigenvalue weighted by molar-refractivity contribution is 6.46. The number of hydrogen-bond acceptors (Lipinski definition) is 3. The van der Waals surface area contributed by atoms with Gasteiger partial charge in [-0.1, -0.05) is 30.8 Å². The second-order valence-electron chi connectivity index (χ2n) is 4.39. The summed E-state index contributed by atoms with van der Waals surface area (Å²) in [6, 6.07) is 7.66. The Morgan fingerprint density at radius 2 is 2.11 bits per heavy atom. The Morgan fingerprint density at radius 1 is 1.37 bits per heavy atom. The summed E-state index contributed by atoms with van der Waals surface area (Å²) in [5.41, 5.74) is 2.40. The van der Waals surface area contributed by atoms with Gasteiger partial charge in [-0.3, -0.25) is 4.79 Å². The van der Waals surface area contributed by atoms with Crippen molar-refractivity contribution in [1.82, 2.24) is 10.6 Å². The highest BCUT2D eigenvalue weighted by Crippen LogP contribution is 1.94. The Kier molecular flexibility index (Phi) is 6.93. The fraction of sp³-hybridized carbons (Fsp3) is 0.357. The minimum atomic E-state index is -0.0970. The predicted molar refractivity (Wildman–Crippen MR) is 78.2 cm³/mol. The van der Waals surface area contributed by atoms with Crippen molar-refractivity contribution in [3.63, 3.8) is 0 Å². The standard InChI is InChI=1S/C14H20BN2O2/c1-11(2)14(18)17-9-5-8-16-10-12-6-3-4-7-13(12)15-19/h3-4,6-7,16,19H,1,5,8-10H2,2H3,(H,17,18). The molecule has 0 saturated carbocycles. The normalized spacial score (nSPS) is 10.0. The van der Waals surface area contributed by atoms with Gasteiger partial charge in [-0.05, 0) is 30.9 Å². The third-order valence-corrected chi connectivity index (χ3v) is 2.71. The Balaban J connectivity index is 2.17. The summed E-state index contributed by atoms with van der Waals surface area (Å²) < 4.78 is 0. The van der Waals surface area contributed by atoms with Gasteiger partial charge in [0.05, 0.1) is 0 Å². The molecule has 1 amide bonds. The minimum absolute atomic E-state index is 0.0970. The summed E-state index contributed by atoms with van der Waals surface area (Å²) in [6.45, 7) is 7.39. The van der Waals surface area contributed by atoms with Crippen molar-refractivity contribution in [2.75, 3.05) is 13.1 Å². The molecule has 0 aliphatic heterocycles. The molecule has 1 aromatic rings. The fourth-order valence-corrected chi connectivity index (χ4v) is 1.61. The topological polar surface area (TPSA) is 61.4 Å². The van der Waals surface area contributed by atoms with Crippen molar-refractivity contribution in [1.29, 1.82) is 0 Å². The largest absolute Gasteiger partial charge is 0.450 e. The van der Waals surface area contributed by atoms with Gasteiger partial charge in [0, 0.05) is 18.7 Å². The molecule has 0 spiro atoms. The number of hydrogen-bond donors (Lipinski definition) is 3. The summed E-state index contributed by atoms with van der Waals surface area (Å²) >= 11 is 0. The van der Waals surface area contributed by atoms with Crippen molar-refractivity contribution >= 4 is 18.9 Å². The molecule has 19 heavy (non-hydrogen) atoms. The van der Waals surface area contributed by atoms with Gasteiger partial charge in [0.2, 0.25) is 5.91 Å². The molecular weight excluding hydrogens is 239 g/mol. The maximum atomic E-state index is 11.2. The van der Waals surface area contributed by atoms with E-state index in [4.69, 9.17) is 5.02 Å². The van der Waals surface area contributed by atoms with Crippen LogP contribution in [0.2, 0.25) is 0 Å². The summed E-state index contributed by atoms with van der Waals surface area (Å²) in [5.74, 6) is -0.0970. The number of rotatable bonds is 8. The Hall–Kier alpha value is -1.59. The Morgan fingerprint density at radius 3 is 2.79 bits per heavy atom. The van der Waals surface area contributed by atoms with E-state index in [1.807, 2.05) is 24.3 Å². The highest BCUT2D eigenvalue weighted by Gasteiger charge is 2.02. The molecule has 0 heterocycles. The molecule has 1 radical (unpaired) electrons. The maximum absolute atomic E-state index is 11.2. The lowest BCUT2D eigenvalue weighted by atomic mass is 9.84. The van der Waals surface area contributed by atoms with Crippen molar-refractivity contribution in [3.05, 3.63) is 42.0 Å². The van der Waals surface area contributed by atoms with Crippen molar-refractivity contribution < 1.29 is 9.82 Å². The molecular formula is C14H20BN2O2. The quantitative estimate of drug-likeness (QED) is 0.352. The number of nitrogens with one attached hydrogen (secondary N) is 2. The van der Waals surface area contributed by atoms with Gasteiger partial charge in [-0.25, -0.2) is 0 Å². The molecule has 5 heteroatoms. The van der Waals surface area contributed by atoms with Crippen LogP contribution in [0.4, 0.5) is 0 Å². The molecule has 4 nitrogen and oxygen atoms in total. The van der Waals surface area contributed by atoms with Gasteiger partial charge in [0.25, 0.3) is 0 Å². The first kappa shape index (κ1) is 15.5. The second-order valence-corrected chi connectivity index (χ2v) is 4.39. The predicted octanol–water partition coefficient (Wildman–Crippen LogP) is 0.0954. The van der Waals surface area contributed by atoms with Crippen LogP contribution in [0.3, 0.4) is 0 Å². The zero-order valence-corrected chi connectivity index (χ0v) is 11.3. The van der Waals surface area contributed by atoms with Crippen LogP contribution < -0.4 is 16.1 Å². The molecule has 1 aromatic carbocycles. The Bertz CT molecular complexity index is 435. The van der Waals surface area contributed by atoms with E-state index in [0.29, 0.717) is 18.7 Å². The number of amides is 1. The molecule has 0 atom stereocenters. The van der Waals surface area contributed by atoms with Crippen LogP contribution >= 0.6 is 0 Å². The van der Waals surface area contributed by atoms with E-state index in [0.717, 1.165) is 31.5 Å². The lowest BCUT2D eigenvalue weighted by Gasteiger charge is -2.09. The van der Waals surface area contributed by atoms with Crippen LogP contribution in [-0.2, 0) is 11.3 Å². The maximum Gasteiger partial charge on any atom is 0.327 e. The monoisotopic (exact) mass is 259 g/mol. The van der Waals surface area contributed by atoms with Gasteiger partial charge in [-0.15, -0.1) is 0 Å². The molecule has 0 saturated heterocycles. The molecule has 0 fully saturated rings. The lowest BCUT2D eigenvalue weighted by molar-refractivity contribution is -0.117. The summed E-state index contributed by atoms with van der Waals surface area (Å²) in [7, 11) is 1.12. The second kappa shape index (κ2) is 8.51. The van der Waals surface area contributed by atoms with E-state index in [-0.39, 0.29) is 5.91 Å². The first-order valence-electron chi connectivity index (χ1n) is 6.35. The number of carbonyl (C=O) groups excluding carboxylic acids is 1. The van der Waals surface area contributed by atoms with Crippen molar-refractivity contribution in [2.45, 2.75) is 19.9 Å². The molecule has 0 bridgehead atoms. The average molecular weight is 259 g/mol. The molecule has 101 valence electrons. The van der Waals surface area contributed by atoms with E-state index in [1.54, 1.807) is 6.92 Å². The number of carbonyl (C=O) groups is 1. The lowest BCUT2D eigenvalue weighted by Crippen LogP contribution is -2.28. The average Bonchev–Trinajstić information content (AvgIpc) is 2.42. The van der Waals surface area contributed by atoms with E-state index < -0.39 is 0 Å². The third kappa shape index (κ3) is 5.72. The van der Waals surface area contributed by atoms with Crippen molar-refractivity contribution in [3.8, 4) is 0 Å². The van der Waals surface area contributed by atoms with Crippen LogP contribution in [-0.4, -0.2) is 31.5 Å². The SMILES string of the molecule is C=C(C)C(=O)NCCCNCc1ccccc1[B]O. The van der Waals surface area contributed by atoms with Crippen LogP contribution in [0.5, 0.6) is 0 Å². The van der Waals surface area contributed by atoms with Gasteiger partial charge in [-0.2, -0.15) is 0 Å². The zero-order chi connectivity index (χ0) is 14.1. The summed E-state index contributed by atoms with van der Waals surface area (Å²) in [6.07, 6.45) is 0.851. The van der Waals surface area contributed by atoms with E-state index in [9.17, 15) is 4.79 Å². The van der Waals surface area contributed by atoms with Crippen LogP contribution in [0.1, 0.15) is 18.9 Å². The van der Waals surface area contributed by atoms with Crippen LogP contribution in [0, 0.1) is 0 Å². The van der Waals surface area contributed by atoms with E-state index >= 15 is 0 Å². The minimum Gasteiger partial charge on any atom is -0.450 e. The van der Waals surface area contributed by atoms with Gasteiger partial charge in [0.1, 0.15) is 0 Å². The Labute approximate surface area is 115 Å². The van der Waals surface area contributed by atoms with Crippen LogP contribution in [0.25, 0.3) is 0 Å².